The third-order valence-electron chi connectivity index (χ3n) is 2.57. The van der Waals surface area contributed by atoms with Gasteiger partial charge in [-0.1, -0.05) is 0 Å². The second-order valence-electron chi connectivity index (χ2n) is 3.59. The number of hydrogen-bond acceptors (Lipinski definition) is 1. The quantitative estimate of drug-likeness (QED) is 0.709. The Morgan fingerprint density at radius 2 is 1.92 bits per heavy atom. The zero-order valence-electron chi connectivity index (χ0n) is 7.13. The fourth-order valence-corrected chi connectivity index (χ4v) is 1.74. The van der Waals surface area contributed by atoms with Gasteiger partial charge in [-0.15, -0.1) is 0 Å². The van der Waals surface area contributed by atoms with E-state index in [1.54, 1.807) is 0 Å². The van der Waals surface area contributed by atoms with Crippen LogP contribution in [-0.2, 0) is 0 Å². The highest BCUT2D eigenvalue weighted by Crippen LogP contribution is 2.36. The summed E-state index contributed by atoms with van der Waals surface area (Å²) in [6, 6.07) is 3.74. The van der Waals surface area contributed by atoms with Gasteiger partial charge in [0.2, 0.25) is 0 Å². The fraction of sp³-hybridized carbons (Fsp3) is 0.400. The Balaban J connectivity index is 2.24. The SMILES string of the molecule is NC1CC(c2cc(F)ccc2F)C1. The Morgan fingerprint density at radius 3 is 2.54 bits per heavy atom. The van der Waals surface area contributed by atoms with Gasteiger partial charge in [-0.2, -0.15) is 0 Å². The highest BCUT2D eigenvalue weighted by Gasteiger charge is 2.29. The van der Waals surface area contributed by atoms with Crippen LogP contribution in [0.3, 0.4) is 0 Å². The van der Waals surface area contributed by atoms with Gasteiger partial charge in [0.25, 0.3) is 0 Å². The van der Waals surface area contributed by atoms with Crippen molar-refractivity contribution in [1.29, 1.82) is 0 Å². The molecule has 0 heterocycles. The molecule has 1 saturated carbocycles. The lowest BCUT2D eigenvalue weighted by Gasteiger charge is -2.32. The Kier molecular flexibility index (Phi) is 2.04. The highest BCUT2D eigenvalue weighted by atomic mass is 19.1. The molecule has 0 bridgehead atoms. The molecule has 2 N–H and O–H groups in total. The van der Waals surface area contributed by atoms with Crippen LogP contribution in [-0.4, -0.2) is 6.04 Å². The van der Waals surface area contributed by atoms with Crippen molar-refractivity contribution in [2.24, 2.45) is 5.73 Å². The largest absolute Gasteiger partial charge is 0.328 e. The van der Waals surface area contributed by atoms with Crippen LogP contribution in [0.4, 0.5) is 8.78 Å². The maximum atomic E-state index is 13.2. The number of hydrogen-bond donors (Lipinski definition) is 1. The van der Waals surface area contributed by atoms with Crippen molar-refractivity contribution < 1.29 is 8.78 Å². The molecule has 1 aliphatic rings. The molecule has 0 aliphatic heterocycles. The van der Waals surface area contributed by atoms with E-state index in [2.05, 4.69) is 0 Å². The van der Waals surface area contributed by atoms with Crippen LogP contribution >= 0.6 is 0 Å². The van der Waals surface area contributed by atoms with Gasteiger partial charge in [-0.25, -0.2) is 8.78 Å². The van der Waals surface area contributed by atoms with E-state index in [1.165, 1.54) is 12.1 Å². The first kappa shape index (κ1) is 8.63. The first-order valence-corrected chi connectivity index (χ1v) is 4.37. The highest BCUT2D eigenvalue weighted by molar-refractivity contribution is 5.25. The molecule has 0 atom stereocenters. The molecule has 13 heavy (non-hydrogen) atoms. The van der Waals surface area contributed by atoms with Crippen molar-refractivity contribution in [2.45, 2.75) is 24.8 Å². The standard InChI is InChI=1S/C10H11F2N/c11-7-1-2-10(12)9(5-7)6-3-8(13)4-6/h1-2,5-6,8H,3-4,13H2. The minimum Gasteiger partial charge on any atom is -0.328 e. The lowest BCUT2D eigenvalue weighted by atomic mass is 9.76. The first-order chi connectivity index (χ1) is 6.16. The van der Waals surface area contributed by atoms with Crippen LogP contribution in [0.1, 0.15) is 24.3 Å². The van der Waals surface area contributed by atoms with Gasteiger partial charge in [0.05, 0.1) is 0 Å². The third kappa shape index (κ3) is 1.56. The fourth-order valence-electron chi connectivity index (χ4n) is 1.74. The van der Waals surface area contributed by atoms with Gasteiger partial charge in [0.15, 0.2) is 0 Å². The predicted molar refractivity (Wildman–Crippen MR) is 46.3 cm³/mol. The van der Waals surface area contributed by atoms with Gasteiger partial charge < -0.3 is 5.73 Å². The average molecular weight is 183 g/mol. The molecule has 0 radical (unpaired) electrons. The third-order valence-corrected chi connectivity index (χ3v) is 2.57. The van der Waals surface area contributed by atoms with Crippen LogP contribution in [0, 0.1) is 11.6 Å². The maximum Gasteiger partial charge on any atom is 0.126 e. The van der Waals surface area contributed by atoms with Crippen molar-refractivity contribution in [3.05, 3.63) is 35.4 Å². The number of nitrogens with two attached hydrogens (primary N) is 1. The molecule has 0 saturated heterocycles. The number of halogens is 2. The van der Waals surface area contributed by atoms with E-state index in [4.69, 9.17) is 5.73 Å². The molecule has 2 rings (SSSR count). The summed E-state index contributed by atoms with van der Waals surface area (Å²) in [5, 5.41) is 0. The molecule has 0 aromatic heterocycles. The van der Waals surface area contributed by atoms with Crippen molar-refractivity contribution in [1.82, 2.24) is 0 Å². The van der Waals surface area contributed by atoms with Crippen molar-refractivity contribution in [3.8, 4) is 0 Å². The molecular formula is C10H11F2N. The van der Waals surface area contributed by atoms with Crippen LogP contribution in [0.5, 0.6) is 0 Å². The molecule has 1 aliphatic carbocycles. The number of rotatable bonds is 1. The molecule has 0 spiro atoms. The maximum absolute atomic E-state index is 13.2. The molecule has 1 fully saturated rings. The minimum absolute atomic E-state index is 0.116. The summed E-state index contributed by atoms with van der Waals surface area (Å²) in [5.41, 5.74) is 6.05. The van der Waals surface area contributed by atoms with E-state index < -0.39 is 0 Å². The Hall–Kier alpha value is -0.960. The Bertz CT molecular complexity index is 319. The topological polar surface area (TPSA) is 26.0 Å². The van der Waals surface area contributed by atoms with Crippen LogP contribution in [0.25, 0.3) is 0 Å². The smallest absolute Gasteiger partial charge is 0.126 e. The van der Waals surface area contributed by atoms with Crippen molar-refractivity contribution in [3.63, 3.8) is 0 Å². The van der Waals surface area contributed by atoms with E-state index >= 15 is 0 Å². The molecule has 1 aromatic rings. The second kappa shape index (κ2) is 3.07. The second-order valence-corrected chi connectivity index (χ2v) is 3.59. The Labute approximate surface area is 75.6 Å². The molecule has 1 aromatic carbocycles. The predicted octanol–water partition coefficient (Wildman–Crippen LogP) is 2.17. The van der Waals surface area contributed by atoms with Gasteiger partial charge in [0, 0.05) is 6.04 Å². The van der Waals surface area contributed by atoms with E-state index in [1.807, 2.05) is 0 Å². The lowest BCUT2D eigenvalue weighted by molar-refractivity contribution is 0.341. The Morgan fingerprint density at radius 1 is 1.23 bits per heavy atom. The molecule has 0 unspecified atom stereocenters. The summed E-state index contributed by atoms with van der Waals surface area (Å²) in [6.45, 7) is 0. The molecular weight excluding hydrogens is 172 g/mol. The normalized spacial score (nSPS) is 27.0. The molecule has 1 nitrogen and oxygen atoms in total. The summed E-state index contributed by atoms with van der Waals surface area (Å²) in [6.07, 6.45) is 1.53. The van der Waals surface area contributed by atoms with E-state index in [-0.39, 0.29) is 23.6 Å². The van der Waals surface area contributed by atoms with Crippen LogP contribution in [0.15, 0.2) is 18.2 Å². The lowest BCUT2D eigenvalue weighted by Crippen LogP contribution is -2.35. The summed E-state index contributed by atoms with van der Waals surface area (Å²) in [5.74, 6) is -0.583. The van der Waals surface area contributed by atoms with Gasteiger partial charge >= 0.3 is 0 Å². The van der Waals surface area contributed by atoms with Gasteiger partial charge in [-0.05, 0) is 42.5 Å². The molecule has 0 amide bonds. The van der Waals surface area contributed by atoms with E-state index in [0.29, 0.717) is 5.56 Å². The summed E-state index contributed by atoms with van der Waals surface area (Å²) < 4.78 is 25.9. The van der Waals surface area contributed by atoms with E-state index in [9.17, 15) is 8.78 Å². The monoisotopic (exact) mass is 183 g/mol. The van der Waals surface area contributed by atoms with Crippen molar-refractivity contribution >= 4 is 0 Å². The average Bonchev–Trinajstić information content (AvgIpc) is 2.04. The first-order valence-electron chi connectivity index (χ1n) is 4.37. The van der Waals surface area contributed by atoms with Gasteiger partial charge in [-0.3, -0.25) is 0 Å². The molecule has 3 heteroatoms. The zero-order chi connectivity index (χ0) is 9.42. The zero-order valence-corrected chi connectivity index (χ0v) is 7.13. The van der Waals surface area contributed by atoms with Gasteiger partial charge in [0.1, 0.15) is 11.6 Å². The summed E-state index contributed by atoms with van der Waals surface area (Å²) in [7, 11) is 0. The van der Waals surface area contributed by atoms with E-state index in [0.717, 1.165) is 18.9 Å². The van der Waals surface area contributed by atoms with Crippen molar-refractivity contribution in [2.75, 3.05) is 0 Å². The summed E-state index contributed by atoms with van der Waals surface area (Å²) >= 11 is 0. The number of benzene rings is 1. The summed E-state index contributed by atoms with van der Waals surface area (Å²) in [4.78, 5) is 0. The van der Waals surface area contributed by atoms with Crippen LogP contribution in [0.2, 0.25) is 0 Å². The molecule has 70 valence electrons. The van der Waals surface area contributed by atoms with Crippen LogP contribution < -0.4 is 5.73 Å². The minimum atomic E-state index is -0.378.